The maximum absolute atomic E-state index is 10.5. The summed E-state index contributed by atoms with van der Waals surface area (Å²) in [6, 6.07) is 25.0. The van der Waals surface area contributed by atoms with Crippen LogP contribution in [-0.4, -0.2) is 22.2 Å². The molecular formula is C20H16O5. The van der Waals surface area contributed by atoms with Crippen molar-refractivity contribution < 1.29 is 24.5 Å². The summed E-state index contributed by atoms with van der Waals surface area (Å²) in [7, 11) is 0. The van der Waals surface area contributed by atoms with Gasteiger partial charge in [0.05, 0.1) is 11.1 Å². The van der Waals surface area contributed by atoms with Gasteiger partial charge in [-0.3, -0.25) is 0 Å². The van der Waals surface area contributed by atoms with Crippen LogP contribution in [0.1, 0.15) is 20.7 Å². The van der Waals surface area contributed by atoms with Crippen molar-refractivity contribution in [2.45, 2.75) is 0 Å². The molecule has 0 fully saturated rings. The number of para-hydroxylation sites is 2. The van der Waals surface area contributed by atoms with E-state index in [4.69, 9.17) is 14.9 Å². The molecule has 0 bridgehead atoms. The molecule has 0 heterocycles. The van der Waals surface area contributed by atoms with Crippen molar-refractivity contribution in [3.63, 3.8) is 0 Å². The van der Waals surface area contributed by atoms with E-state index in [1.807, 2.05) is 60.7 Å². The summed E-state index contributed by atoms with van der Waals surface area (Å²) in [5, 5.41) is 17.1. The van der Waals surface area contributed by atoms with Gasteiger partial charge in [0.2, 0.25) is 0 Å². The number of aromatic carboxylic acids is 2. The van der Waals surface area contributed by atoms with E-state index in [-0.39, 0.29) is 11.1 Å². The fraction of sp³-hybridized carbons (Fsp3) is 0. The van der Waals surface area contributed by atoms with Crippen LogP contribution in [0.2, 0.25) is 0 Å². The molecule has 2 N–H and O–H groups in total. The number of ether oxygens (including phenoxy) is 1. The van der Waals surface area contributed by atoms with Gasteiger partial charge >= 0.3 is 11.9 Å². The lowest BCUT2D eigenvalue weighted by Crippen LogP contribution is -2.06. The lowest BCUT2D eigenvalue weighted by atomic mass is 10.1. The molecule has 0 aliphatic heterocycles. The molecule has 0 amide bonds. The van der Waals surface area contributed by atoms with Crippen LogP contribution in [0, 0.1) is 0 Å². The van der Waals surface area contributed by atoms with Gasteiger partial charge < -0.3 is 14.9 Å². The van der Waals surface area contributed by atoms with Crippen LogP contribution in [0.3, 0.4) is 0 Å². The number of carbonyl (C=O) groups is 2. The highest BCUT2D eigenvalue weighted by atomic mass is 16.5. The second-order valence-corrected chi connectivity index (χ2v) is 4.88. The number of hydrogen-bond acceptors (Lipinski definition) is 3. The van der Waals surface area contributed by atoms with Gasteiger partial charge in [0, 0.05) is 0 Å². The van der Waals surface area contributed by atoms with Crippen LogP contribution in [0.25, 0.3) is 0 Å². The Balaban J connectivity index is 0.000000181. The zero-order valence-corrected chi connectivity index (χ0v) is 13.2. The van der Waals surface area contributed by atoms with Crippen molar-refractivity contribution in [2.75, 3.05) is 0 Å². The van der Waals surface area contributed by atoms with Gasteiger partial charge in [0.1, 0.15) is 11.5 Å². The van der Waals surface area contributed by atoms with E-state index in [0.29, 0.717) is 0 Å². The predicted octanol–water partition coefficient (Wildman–Crippen LogP) is 4.56. The fourth-order valence-electron chi connectivity index (χ4n) is 1.97. The SMILES string of the molecule is O=C(O)c1ccccc1C(=O)O.c1ccc(Oc2ccccc2)cc1. The van der Waals surface area contributed by atoms with E-state index in [0.717, 1.165) is 11.5 Å². The van der Waals surface area contributed by atoms with Gasteiger partial charge in [0.25, 0.3) is 0 Å². The molecule has 0 saturated carbocycles. The van der Waals surface area contributed by atoms with Gasteiger partial charge in [-0.15, -0.1) is 0 Å². The second-order valence-electron chi connectivity index (χ2n) is 4.88. The van der Waals surface area contributed by atoms with Crippen molar-refractivity contribution in [3.05, 3.63) is 96.1 Å². The quantitative estimate of drug-likeness (QED) is 0.729. The molecule has 0 radical (unpaired) electrons. The maximum Gasteiger partial charge on any atom is 0.336 e. The lowest BCUT2D eigenvalue weighted by Gasteiger charge is -2.03. The number of carboxylic acids is 2. The van der Waals surface area contributed by atoms with Crippen LogP contribution in [-0.2, 0) is 0 Å². The highest BCUT2D eigenvalue weighted by Gasteiger charge is 2.13. The third-order valence-corrected chi connectivity index (χ3v) is 3.11. The van der Waals surface area contributed by atoms with Crippen LogP contribution in [0.4, 0.5) is 0 Å². The van der Waals surface area contributed by atoms with Crippen molar-refractivity contribution in [2.24, 2.45) is 0 Å². The Morgan fingerprint density at radius 1 is 0.560 bits per heavy atom. The highest BCUT2D eigenvalue weighted by molar-refractivity contribution is 6.01. The Bertz CT molecular complexity index is 758. The summed E-state index contributed by atoms with van der Waals surface area (Å²) in [6.45, 7) is 0. The highest BCUT2D eigenvalue weighted by Crippen LogP contribution is 2.19. The third-order valence-electron chi connectivity index (χ3n) is 3.11. The Labute approximate surface area is 144 Å². The van der Waals surface area contributed by atoms with Crippen LogP contribution in [0.5, 0.6) is 11.5 Å². The minimum atomic E-state index is -1.23. The number of benzene rings is 3. The lowest BCUT2D eigenvalue weighted by molar-refractivity contribution is 0.0651. The first-order valence-corrected chi connectivity index (χ1v) is 7.41. The number of carboxylic acid groups (broad SMARTS) is 2. The second kappa shape index (κ2) is 8.88. The van der Waals surface area contributed by atoms with Crippen LogP contribution in [0.15, 0.2) is 84.9 Å². The average molecular weight is 336 g/mol. The Morgan fingerprint density at radius 2 is 0.880 bits per heavy atom. The minimum absolute atomic E-state index is 0.190. The fourth-order valence-corrected chi connectivity index (χ4v) is 1.97. The summed E-state index contributed by atoms with van der Waals surface area (Å²) in [5.74, 6) is -0.719. The molecule has 0 spiro atoms. The van der Waals surface area contributed by atoms with Crippen molar-refractivity contribution in [3.8, 4) is 11.5 Å². The molecule has 5 nitrogen and oxygen atoms in total. The summed E-state index contributed by atoms with van der Waals surface area (Å²) in [6.07, 6.45) is 0. The average Bonchev–Trinajstić information content (AvgIpc) is 2.64. The number of rotatable bonds is 4. The van der Waals surface area contributed by atoms with E-state index in [2.05, 4.69) is 0 Å². The molecular weight excluding hydrogens is 320 g/mol. The number of hydrogen-bond donors (Lipinski definition) is 2. The van der Waals surface area contributed by atoms with Gasteiger partial charge in [-0.2, -0.15) is 0 Å². The minimum Gasteiger partial charge on any atom is -0.478 e. The van der Waals surface area contributed by atoms with E-state index in [1.54, 1.807) is 0 Å². The Morgan fingerprint density at radius 3 is 1.20 bits per heavy atom. The summed E-state index contributed by atoms with van der Waals surface area (Å²) in [5.41, 5.74) is -0.380. The molecule has 0 aliphatic rings. The van der Waals surface area contributed by atoms with Crippen LogP contribution >= 0.6 is 0 Å². The van der Waals surface area contributed by atoms with Crippen molar-refractivity contribution >= 4 is 11.9 Å². The summed E-state index contributed by atoms with van der Waals surface area (Å²) < 4.78 is 5.58. The van der Waals surface area contributed by atoms with E-state index in [9.17, 15) is 9.59 Å². The van der Waals surface area contributed by atoms with Crippen LogP contribution < -0.4 is 4.74 Å². The van der Waals surface area contributed by atoms with Gasteiger partial charge in [-0.05, 0) is 36.4 Å². The molecule has 0 atom stereocenters. The van der Waals surface area contributed by atoms with Crippen molar-refractivity contribution in [1.29, 1.82) is 0 Å². The zero-order chi connectivity index (χ0) is 18.1. The smallest absolute Gasteiger partial charge is 0.336 e. The monoisotopic (exact) mass is 336 g/mol. The molecule has 0 saturated heterocycles. The molecule has 3 aromatic carbocycles. The topological polar surface area (TPSA) is 83.8 Å². The first-order valence-electron chi connectivity index (χ1n) is 7.41. The standard InChI is InChI=1S/C12H10O.C8H6O4/c1-3-7-11(8-4-1)13-12-9-5-2-6-10-12;9-7(10)5-3-1-2-4-6(5)8(11)12/h1-10H;1-4H,(H,9,10)(H,11,12). The first kappa shape index (κ1) is 17.7. The maximum atomic E-state index is 10.5. The molecule has 5 heteroatoms. The van der Waals surface area contributed by atoms with E-state index >= 15 is 0 Å². The van der Waals surface area contributed by atoms with E-state index < -0.39 is 11.9 Å². The molecule has 0 unspecified atom stereocenters. The molecule has 126 valence electrons. The summed E-state index contributed by atoms with van der Waals surface area (Å²) in [4.78, 5) is 20.9. The van der Waals surface area contributed by atoms with Gasteiger partial charge in [-0.1, -0.05) is 48.5 Å². The Hall–Kier alpha value is -3.60. The third kappa shape index (κ3) is 5.51. The Kier molecular flexibility index (Phi) is 6.31. The first-order chi connectivity index (χ1) is 12.1. The van der Waals surface area contributed by atoms with Crippen molar-refractivity contribution in [1.82, 2.24) is 0 Å². The van der Waals surface area contributed by atoms with Gasteiger partial charge in [-0.25, -0.2) is 9.59 Å². The summed E-state index contributed by atoms with van der Waals surface area (Å²) >= 11 is 0. The largest absolute Gasteiger partial charge is 0.478 e. The normalized spacial score (nSPS) is 9.44. The molecule has 25 heavy (non-hydrogen) atoms. The molecule has 0 aromatic heterocycles. The zero-order valence-electron chi connectivity index (χ0n) is 13.2. The van der Waals surface area contributed by atoms with E-state index in [1.165, 1.54) is 24.3 Å². The van der Waals surface area contributed by atoms with Gasteiger partial charge in [0.15, 0.2) is 0 Å². The molecule has 3 rings (SSSR count). The predicted molar refractivity (Wildman–Crippen MR) is 93.3 cm³/mol. The molecule has 3 aromatic rings. The molecule has 0 aliphatic carbocycles.